The van der Waals surface area contributed by atoms with Crippen LogP contribution in [0, 0.1) is 13.8 Å². The molecule has 206 valence electrons. The van der Waals surface area contributed by atoms with E-state index in [9.17, 15) is 4.79 Å². The van der Waals surface area contributed by atoms with Crippen LogP contribution >= 0.6 is 0 Å². The molecule has 1 unspecified atom stereocenters. The lowest BCUT2D eigenvalue weighted by Crippen LogP contribution is -2.26. The molecule has 39 heavy (non-hydrogen) atoms. The highest BCUT2D eigenvalue weighted by Gasteiger charge is 2.39. The van der Waals surface area contributed by atoms with Crippen LogP contribution in [0.15, 0.2) is 60.7 Å². The molecule has 1 saturated heterocycles. The van der Waals surface area contributed by atoms with Crippen molar-refractivity contribution in [2.24, 2.45) is 0 Å². The van der Waals surface area contributed by atoms with Crippen LogP contribution in [-0.4, -0.2) is 32.4 Å². The van der Waals surface area contributed by atoms with Gasteiger partial charge in [0.15, 0.2) is 0 Å². The normalized spacial score (nSPS) is 16.9. The predicted octanol–water partition coefficient (Wildman–Crippen LogP) is 7.99. The van der Waals surface area contributed by atoms with Crippen LogP contribution in [0.25, 0.3) is 17.2 Å². The summed E-state index contributed by atoms with van der Waals surface area (Å²) in [6.45, 7) is 11.9. The maximum atomic E-state index is 11.9. The van der Waals surface area contributed by atoms with Crippen molar-refractivity contribution < 1.29 is 19.0 Å². The molecule has 0 aromatic heterocycles. The number of methoxy groups -OCH3 is 2. The van der Waals surface area contributed by atoms with Gasteiger partial charge in [-0.25, -0.2) is 0 Å². The second-order valence-corrected chi connectivity index (χ2v) is 10.7. The van der Waals surface area contributed by atoms with Crippen LogP contribution in [0.1, 0.15) is 73.4 Å². The summed E-state index contributed by atoms with van der Waals surface area (Å²) in [5.41, 5.74) is 9.22. The van der Waals surface area contributed by atoms with Gasteiger partial charge in [0.25, 0.3) is 0 Å². The topological polar surface area (TPSA) is 48.1 Å². The molecule has 0 amide bonds. The molecule has 1 aliphatic rings. The minimum absolute atomic E-state index is 0.0531. The molecule has 0 radical (unpaired) electrons. The summed E-state index contributed by atoms with van der Waals surface area (Å²) in [5.74, 6) is 0.536. The lowest BCUT2D eigenvalue weighted by molar-refractivity contribution is -0.139. The van der Waals surface area contributed by atoms with E-state index in [1.54, 1.807) is 7.11 Å². The zero-order chi connectivity index (χ0) is 28.2. The van der Waals surface area contributed by atoms with Crippen LogP contribution in [0.4, 0.5) is 0 Å². The third-order valence-corrected chi connectivity index (χ3v) is 8.62. The number of carbonyl (C=O) groups is 1. The Balaban J connectivity index is 1.71. The summed E-state index contributed by atoms with van der Waals surface area (Å²) in [6, 6.07) is 19.6. The van der Waals surface area contributed by atoms with Gasteiger partial charge in [-0.15, -0.1) is 0 Å². The van der Waals surface area contributed by atoms with Gasteiger partial charge in [-0.1, -0.05) is 69.3 Å². The van der Waals surface area contributed by atoms with Crippen LogP contribution in [-0.2, 0) is 26.1 Å². The first kappa shape index (κ1) is 28.6. The number of epoxide rings is 1. The molecule has 4 nitrogen and oxygen atoms in total. The highest BCUT2D eigenvalue weighted by molar-refractivity contribution is 5.77. The van der Waals surface area contributed by atoms with Crippen molar-refractivity contribution >= 4 is 12.0 Å². The minimum Gasteiger partial charge on any atom is -0.496 e. The third-order valence-electron chi connectivity index (χ3n) is 8.62. The Hall–Kier alpha value is -3.37. The Bertz CT molecular complexity index is 1360. The molecule has 4 rings (SSSR count). The minimum atomic E-state index is -0.253. The Kier molecular flexibility index (Phi) is 8.66. The zero-order valence-electron chi connectivity index (χ0n) is 24.5. The Labute approximate surface area is 234 Å². The molecule has 0 saturated carbocycles. The molecular weight excluding hydrogens is 484 g/mol. The number of benzene rings is 3. The van der Waals surface area contributed by atoms with E-state index in [-0.39, 0.29) is 23.4 Å². The quantitative estimate of drug-likeness (QED) is 0.188. The first-order chi connectivity index (χ1) is 18.7. The molecule has 3 aromatic carbocycles. The number of hydrogen-bond acceptors (Lipinski definition) is 4. The van der Waals surface area contributed by atoms with Gasteiger partial charge in [0, 0.05) is 11.0 Å². The summed E-state index contributed by atoms with van der Waals surface area (Å²) in [7, 11) is 3.10. The number of rotatable bonds is 11. The van der Waals surface area contributed by atoms with Gasteiger partial charge in [0.1, 0.15) is 11.4 Å². The van der Waals surface area contributed by atoms with Crippen molar-refractivity contribution in [3.05, 3.63) is 94.1 Å². The van der Waals surface area contributed by atoms with Gasteiger partial charge in [-0.05, 0) is 90.3 Å². The van der Waals surface area contributed by atoms with Crippen molar-refractivity contribution in [1.29, 1.82) is 0 Å². The van der Waals surface area contributed by atoms with E-state index in [1.807, 2.05) is 18.2 Å². The molecule has 4 heteroatoms. The van der Waals surface area contributed by atoms with Gasteiger partial charge >= 0.3 is 5.97 Å². The SMILES string of the molecule is CCC1(/C=C/c2ccc(C(CC)(CC)c3ccc(-c4cc(CC(=O)OC)ccc4OC)c(C)c3)cc2C)CO1. The molecular formula is C35H42O4. The van der Waals surface area contributed by atoms with Crippen LogP contribution in [0.3, 0.4) is 0 Å². The van der Waals surface area contributed by atoms with Crippen molar-refractivity contribution in [2.75, 3.05) is 20.8 Å². The fraction of sp³-hybridized carbons (Fsp3) is 0.400. The molecule has 3 aromatic rings. The first-order valence-electron chi connectivity index (χ1n) is 14.0. The number of hydrogen-bond donors (Lipinski definition) is 0. The maximum Gasteiger partial charge on any atom is 0.309 e. The number of carbonyl (C=O) groups excluding carboxylic acids is 1. The summed E-state index contributed by atoms with van der Waals surface area (Å²) in [4.78, 5) is 11.9. The average Bonchev–Trinajstić information content (AvgIpc) is 3.74. The largest absolute Gasteiger partial charge is 0.496 e. The Morgan fingerprint density at radius 1 is 0.923 bits per heavy atom. The van der Waals surface area contributed by atoms with Crippen LogP contribution in [0.2, 0.25) is 0 Å². The summed E-state index contributed by atoms with van der Waals surface area (Å²) in [5, 5.41) is 0. The van der Waals surface area contributed by atoms with E-state index in [1.165, 1.54) is 34.9 Å². The van der Waals surface area contributed by atoms with Gasteiger partial charge in [-0.2, -0.15) is 0 Å². The predicted molar refractivity (Wildman–Crippen MR) is 159 cm³/mol. The van der Waals surface area contributed by atoms with E-state index in [0.29, 0.717) is 0 Å². The lowest BCUT2D eigenvalue weighted by atomic mass is 9.69. The average molecular weight is 527 g/mol. The van der Waals surface area contributed by atoms with Crippen LogP contribution in [0.5, 0.6) is 5.75 Å². The molecule has 0 bridgehead atoms. The standard InChI is InChI=1S/C35H42O4/c1-8-34(23-39-34)18-17-27-12-13-28(19-24(27)4)35(9-2,10-3)29-14-15-30(25(5)20-29)31-21-26(22-33(36)38-7)11-16-32(31)37-6/h11-21H,8-10,22-23H2,1-7H3/b18-17+. The maximum absolute atomic E-state index is 11.9. The first-order valence-corrected chi connectivity index (χ1v) is 14.0. The summed E-state index contributed by atoms with van der Waals surface area (Å²) in [6.07, 6.45) is 7.68. The van der Waals surface area contributed by atoms with Crippen molar-refractivity contribution in [2.45, 2.75) is 71.3 Å². The molecule has 0 aliphatic carbocycles. The van der Waals surface area contributed by atoms with Crippen molar-refractivity contribution in [3.8, 4) is 16.9 Å². The van der Waals surface area contributed by atoms with Gasteiger partial charge in [0.05, 0.1) is 27.2 Å². The Morgan fingerprint density at radius 2 is 1.59 bits per heavy atom. The van der Waals surface area contributed by atoms with E-state index in [4.69, 9.17) is 14.2 Å². The zero-order valence-corrected chi connectivity index (χ0v) is 24.5. The van der Waals surface area contributed by atoms with E-state index >= 15 is 0 Å². The molecule has 1 aliphatic heterocycles. The smallest absolute Gasteiger partial charge is 0.309 e. The highest BCUT2D eigenvalue weighted by atomic mass is 16.6. The van der Waals surface area contributed by atoms with E-state index in [0.717, 1.165) is 48.3 Å². The second kappa shape index (κ2) is 11.8. The highest BCUT2D eigenvalue weighted by Crippen LogP contribution is 2.42. The van der Waals surface area contributed by atoms with Crippen molar-refractivity contribution in [1.82, 2.24) is 0 Å². The number of esters is 1. The number of ether oxygens (including phenoxy) is 3. The second-order valence-electron chi connectivity index (χ2n) is 10.7. The fourth-order valence-corrected chi connectivity index (χ4v) is 5.72. The van der Waals surface area contributed by atoms with E-state index < -0.39 is 0 Å². The lowest BCUT2D eigenvalue weighted by Gasteiger charge is -2.34. The molecule has 1 atom stereocenters. The molecule has 1 fully saturated rings. The van der Waals surface area contributed by atoms with Crippen molar-refractivity contribution in [3.63, 3.8) is 0 Å². The monoisotopic (exact) mass is 526 g/mol. The number of aryl methyl sites for hydroxylation is 2. The molecule has 0 N–H and O–H groups in total. The third kappa shape index (κ3) is 5.81. The Morgan fingerprint density at radius 3 is 2.13 bits per heavy atom. The summed E-state index contributed by atoms with van der Waals surface area (Å²) < 4.78 is 16.2. The molecule has 1 heterocycles. The fourth-order valence-electron chi connectivity index (χ4n) is 5.72. The van der Waals surface area contributed by atoms with Crippen LogP contribution < -0.4 is 4.74 Å². The van der Waals surface area contributed by atoms with E-state index in [2.05, 4.69) is 83.2 Å². The van der Waals surface area contributed by atoms with Gasteiger partial charge in [0.2, 0.25) is 0 Å². The molecule has 0 spiro atoms. The van der Waals surface area contributed by atoms with Gasteiger partial charge < -0.3 is 14.2 Å². The van der Waals surface area contributed by atoms with Gasteiger partial charge in [-0.3, -0.25) is 4.79 Å². The summed E-state index contributed by atoms with van der Waals surface area (Å²) >= 11 is 0.